The van der Waals surface area contributed by atoms with E-state index in [1.54, 1.807) is 31.2 Å². The molecule has 27 heavy (non-hydrogen) atoms. The summed E-state index contributed by atoms with van der Waals surface area (Å²) in [4.78, 5) is 38.8. The molecule has 5 heteroatoms. The van der Waals surface area contributed by atoms with Crippen LogP contribution < -0.4 is 5.32 Å². The predicted molar refractivity (Wildman–Crippen MR) is 104 cm³/mol. The third-order valence-corrected chi connectivity index (χ3v) is 5.00. The van der Waals surface area contributed by atoms with E-state index in [1.165, 1.54) is 0 Å². The molecule has 1 fully saturated rings. The summed E-state index contributed by atoms with van der Waals surface area (Å²) in [5.41, 5.74) is 1.13. The van der Waals surface area contributed by atoms with E-state index in [1.807, 2.05) is 30.3 Å². The normalized spacial score (nSPS) is 19.9. The van der Waals surface area contributed by atoms with Gasteiger partial charge in [-0.3, -0.25) is 14.5 Å². The van der Waals surface area contributed by atoms with Gasteiger partial charge in [0.25, 0.3) is 5.91 Å². The maximum absolute atomic E-state index is 13.0. The van der Waals surface area contributed by atoms with Crippen LogP contribution in [0.2, 0.25) is 0 Å². The fourth-order valence-corrected chi connectivity index (χ4v) is 3.20. The summed E-state index contributed by atoms with van der Waals surface area (Å²) in [7, 11) is 0. The number of hydrogen-bond acceptors (Lipinski definition) is 3. The Morgan fingerprint density at radius 3 is 2.15 bits per heavy atom. The lowest BCUT2D eigenvalue weighted by molar-refractivity contribution is -0.130. The van der Waals surface area contributed by atoms with Crippen LogP contribution in [0.4, 0.5) is 4.79 Å². The molecule has 1 atom stereocenters. The van der Waals surface area contributed by atoms with E-state index in [0.29, 0.717) is 11.1 Å². The molecule has 0 radical (unpaired) electrons. The first-order valence-electron chi connectivity index (χ1n) is 8.96. The highest BCUT2D eigenvalue weighted by Crippen LogP contribution is 2.31. The van der Waals surface area contributed by atoms with Crippen LogP contribution in [0.1, 0.15) is 49.2 Å². The molecule has 1 N–H and O–H groups in total. The molecule has 0 aliphatic carbocycles. The van der Waals surface area contributed by atoms with Crippen LogP contribution in [0.5, 0.6) is 0 Å². The van der Waals surface area contributed by atoms with Crippen molar-refractivity contribution in [2.24, 2.45) is 0 Å². The number of Topliss-reactive ketones (excluding diaryl/α,β-unsaturated/α-hetero) is 1. The summed E-state index contributed by atoms with van der Waals surface area (Å²) in [5.74, 6) is -0.688. The summed E-state index contributed by atoms with van der Waals surface area (Å²) in [5, 5.41) is 2.75. The molecule has 3 rings (SSSR count). The Hall–Kier alpha value is -2.95. The number of nitrogens with one attached hydrogen (secondary N) is 1. The molecule has 140 valence electrons. The van der Waals surface area contributed by atoms with Crippen LogP contribution in [0.15, 0.2) is 54.6 Å². The molecule has 2 aromatic carbocycles. The highest BCUT2D eigenvalue weighted by atomic mass is 16.2. The van der Waals surface area contributed by atoms with Crippen molar-refractivity contribution in [2.45, 2.75) is 38.6 Å². The van der Waals surface area contributed by atoms with Crippen molar-refractivity contribution in [3.8, 4) is 0 Å². The van der Waals surface area contributed by atoms with Gasteiger partial charge in [-0.15, -0.1) is 0 Å². The summed E-state index contributed by atoms with van der Waals surface area (Å²) in [6.07, 6.45) is 0. The van der Waals surface area contributed by atoms with Gasteiger partial charge in [0.05, 0.1) is 6.54 Å². The molecule has 1 heterocycles. The van der Waals surface area contributed by atoms with Gasteiger partial charge in [-0.25, -0.2) is 4.79 Å². The summed E-state index contributed by atoms with van der Waals surface area (Å²) in [6, 6.07) is 15.8. The lowest BCUT2D eigenvalue weighted by Crippen LogP contribution is -2.41. The molecule has 3 amide bonds. The number of carbonyl (C=O) groups excluding carboxylic acids is 3. The Labute approximate surface area is 159 Å². The monoisotopic (exact) mass is 364 g/mol. The van der Waals surface area contributed by atoms with Crippen molar-refractivity contribution >= 4 is 17.7 Å². The summed E-state index contributed by atoms with van der Waals surface area (Å²) in [6.45, 7) is 7.74. The Morgan fingerprint density at radius 2 is 1.59 bits per heavy atom. The lowest BCUT2D eigenvalue weighted by Gasteiger charge is -2.24. The van der Waals surface area contributed by atoms with Gasteiger partial charge in [-0.1, -0.05) is 75.4 Å². The molecule has 0 spiro atoms. The number of benzene rings is 2. The van der Waals surface area contributed by atoms with Gasteiger partial charge in [-0.2, -0.15) is 0 Å². The van der Waals surface area contributed by atoms with E-state index in [-0.39, 0.29) is 17.7 Å². The maximum Gasteiger partial charge on any atom is 0.325 e. The van der Waals surface area contributed by atoms with Gasteiger partial charge in [0.1, 0.15) is 5.54 Å². The van der Waals surface area contributed by atoms with Crippen LogP contribution in [0.25, 0.3) is 0 Å². The first-order valence-corrected chi connectivity index (χ1v) is 8.96. The largest absolute Gasteiger partial charge is 0.325 e. The SMILES string of the molecule is CC(C)(C)c1ccc([C@@]2(C)NC(=O)N(CC(=O)c3ccccc3)C2=O)cc1. The van der Waals surface area contributed by atoms with Gasteiger partial charge < -0.3 is 5.32 Å². The Morgan fingerprint density at radius 1 is 1.00 bits per heavy atom. The van der Waals surface area contributed by atoms with Gasteiger partial charge in [0.2, 0.25) is 0 Å². The van der Waals surface area contributed by atoms with E-state index >= 15 is 0 Å². The first kappa shape index (κ1) is 18.8. The van der Waals surface area contributed by atoms with E-state index in [2.05, 4.69) is 26.1 Å². The van der Waals surface area contributed by atoms with Gasteiger partial charge in [0, 0.05) is 5.56 Å². The van der Waals surface area contributed by atoms with Crippen molar-refractivity contribution in [1.82, 2.24) is 10.2 Å². The van der Waals surface area contributed by atoms with E-state index in [0.717, 1.165) is 10.5 Å². The molecule has 1 saturated heterocycles. The molecule has 0 unspecified atom stereocenters. The third kappa shape index (κ3) is 3.50. The minimum absolute atomic E-state index is 0.00347. The molecule has 2 aromatic rings. The van der Waals surface area contributed by atoms with Gasteiger partial charge in [0.15, 0.2) is 5.78 Å². The smallest absolute Gasteiger partial charge is 0.319 e. The van der Waals surface area contributed by atoms with E-state index in [9.17, 15) is 14.4 Å². The molecule has 0 aromatic heterocycles. The number of carbonyl (C=O) groups is 3. The molecule has 0 saturated carbocycles. The van der Waals surface area contributed by atoms with Crippen LogP contribution in [-0.4, -0.2) is 29.2 Å². The fourth-order valence-electron chi connectivity index (χ4n) is 3.20. The van der Waals surface area contributed by atoms with Crippen LogP contribution in [-0.2, 0) is 15.7 Å². The highest BCUT2D eigenvalue weighted by Gasteiger charge is 2.49. The Bertz CT molecular complexity index is 882. The van der Waals surface area contributed by atoms with Crippen molar-refractivity contribution in [1.29, 1.82) is 0 Å². The van der Waals surface area contributed by atoms with Gasteiger partial charge >= 0.3 is 6.03 Å². The second-order valence-electron chi connectivity index (χ2n) is 8.06. The molecule has 1 aliphatic heterocycles. The van der Waals surface area contributed by atoms with Crippen LogP contribution in [0.3, 0.4) is 0 Å². The highest BCUT2D eigenvalue weighted by molar-refractivity contribution is 6.11. The standard InChI is InChI=1S/C22H24N2O3/c1-21(2,3)16-10-12-17(13-11-16)22(4)19(26)24(20(27)23-22)14-18(25)15-8-6-5-7-9-15/h5-13H,14H2,1-4H3,(H,23,27)/t22-/m1/s1. The zero-order valence-corrected chi connectivity index (χ0v) is 16.1. The molecule has 0 bridgehead atoms. The van der Waals surface area contributed by atoms with Crippen molar-refractivity contribution in [3.05, 3.63) is 71.3 Å². The average molecular weight is 364 g/mol. The zero-order chi connectivity index (χ0) is 19.8. The zero-order valence-electron chi connectivity index (χ0n) is 16.1. The fraction of sp³-hybridized carbons (Fsp3) is 0.318. The number of ketones is 1. The number of rotatable bonds is 4. The first-order chi connectivity index (χ1) is 12.6. The number of nitrogens with zero attached hydrogens (tertiary/aromatic N) is 1. The van der Waals surface area contributed by atoms with E-state index < -0.39 is 17.5 Å². The predicted octanol–water partition coefficient (Wildman–Crippen LogP) is 3.63. The molecular formula is C22H24N2O3. The number of urea groups is 1. The minimum atomic E-state index is -1.18. The second kappa shape index (κ2) is 6.65. The molecule has 5 nitrogen and oxygen atoms in total. The van der Waals surface area contributed by atoms with E-state index in [4.69, 9.17) is 0 Å². The third-order valence-electron chi connectivity index (χ3n) is 5.00. The number of imide groups is 1. The minimum Gasteiger partial charge on any atom is -0.319 e. The maximum atomic E-state index is 13.0. The summed E-state index contributed by atoms with van der Waals surface area (Å²) < 4.78 is 0. The number of amides is 3. The lowest BCUT2D eigenvalue weighted by atomic mass is 9.84. The van der Waals surface area contributed by atoms with Crippen molar-refractivity contribution in [2.75, 3.05) is 6.54 Å². The number of hydrogen-bond donors (Lipinski definition) is 1. The summed E-state index contributed by atoms with van der Waals surface area (Å²) >= 11 is 0. The van der Waals surface area contributed by atoms with Gasteiger partial charge in [-0.05, 0) is 23.5 Å². The van der Waals surface area contributed by atoms with Crippen molar-refractivity contribution in [3.63, 3.8) is 0 Å². The average Bonchev–Trinajstić information content (AvgIpc) is 2.86. The van der Waals surface area contributed by atoms with Crippen LogP contribution in [0, 0.1) is 0 Å². The molecule has 1 aliphatic rings. The Kier molecular flexibility index (Phi) is 4.64. The topological polar surface area (TPSA) is 66.5 Å². The Balaban J connectivity index is 1.83. The van der Waals surface area contributed by atoms with Crippen LogP contribution >= 0.6 is 0 Å². The quantitative estimate of drug-likeness (QED) is 0.665. The molecular weight excluding hydrogens is 340 g/mol. The van der Waals surface area contributed by atoms with Crippen molar-refractivity contribution < 1.29 is 14.4 Å². The second-order valence-corrected chi connectivity index (χ2v) is 8.06.